The van der Waals surface area contributed by atoms with Crippen LogP contribution in [0.1, 0.15) is 21.8 Å². The van der Waals surface area contributed by atoms with E-state index in [0.29, 0.717) is 0 Å². The Morgan fingerprint density at radius 3 is 2.38 bits per heavy atom. The molecule has 1 aromatic heterocycles. The highest BCUT2D eigenvalue weighted by molar-refractivity contribution is 5.90. The molecule has 0 aliphatic rings. The smallest absolute Gasteiger partial charge is 0.453 e. The lowest BCUT2D eigenvalue weighted by Gasteiger charge is -2.01. The molecular weight excluding hydrogens is 191 g/mol. The number of halogens is 3. The van der Waals surface area contributed by atoms with E-state index in [4.69, 9.17) is 5.11 Å². The number of aromatic carboxylic acids is 1. The topological polar surface area (TPSA) is 63.3 Å². The van der Waals surface area contributed by atoms with Crippen LogP contribution in [0, 0.1) is 6.92 Å². The Balaban J connectivity index is 3.31. The Kier molecular flexibility index (Phi) is 2.02. The van der Waals surface area contributed by atoms with Gasteiger partial charge in [-0.2, -0.15) is 13.2 Å². The van der Waals surface area contributed by atoms with Crippen molar-refractivity contribution in [3.05, 3.63) is 17.0 Å². The molecule has 0 aliphatic carbocycles. The average molecular weight is 195 g/mol. The van der Waals surface area contributed by atoms with Gasteiger partial charge >= 0.3 is 12.1 Å². The van der Waals surface area contributed by atoms with Crippen LogP contribution in [-0.2, 0) is 6.18 Å². The zero-order chi connectivity index (χ0) is 10.2. The Morgan fingerprint density at radius 1 is 1.54 bits per heavy atom. The molecule has 0 spiro atoms. The van der Waals surface area contributed by atoms with Crippen molar-refractivity contribution in [2.24, 2.45) is 0 Å². The van der Waals surface area contributed by atoms with E-state index in [2.05, 4.69) is 9.68 Å². The molecule has 0 fully saturated rings. The molecule has 4 nitrogen and oxygen atoms in total. The quantitative estimate of drug-likeness (QED) is 0.740. The molecule has 1 rings (SSSR count). The molecule has 1 aromatic rings. The minimum atomic E-state index is -4.82. The molecule has 0 atom stereocenters. The first-order valence-corrected chi connectivity index (χ1v) is 3.10. The molecule has 1 N–H and O–H groups in total. The van der Waals surface area contributed by atoms with Crippen molar-refractivity contribution in [3.8, 4) is 0 Å². The molecule has 0 unspecified atom stereocenters. The third-order valence-electron chi connectivity index (χ3n) is 1.33. The molecule has 72 valence electrons. The lowest BCUT2D eigenvalue weighted by atomic mass is 10.2. The number of alkyl halides is 3. The fourth-order valence-corrected chi connectivity index (χ4v) is 0.815. The number of carboxylic acid groups (broad SMARTS) is 1. The van der Waals surface area contributed by atoms with Gasteiger partial charge in [-0.3, -0.25) is 0 Å². The second-order valence-corrected chi connectivity index (χ2v) is 2.28. The van der Waals surface area contributed by atoms with Crippen molar-refractivity contribution in [1.29, 1.82) is 0 Å². The number of hydrogen-bond donors (Lipinski definition) is 1. The van der Waals surface area contributed by atoms with E-state index < -0.39 is 23.5 Å². The predicted octanol–water partition coefficient (Wildman–Crippen LogP) is 1.70. The monoisotopic (exact) mass is 195 g/mol. The van der Waals surface area contributed by atoms with E-state index in [1.165, 1.54) is 0 Å². The van der Waals surface area contributed by atoms with Crippen LogP contribution in [-0.4, -0.2) is 16.2 Å². The van der Waals surface area contributed by atoms with Gasteiger partial charge in [-0.25, -0.2) is 4.79 Å². The normalized spacial score (nSPS) is 11.7. The number of carboxylic acids is 1. The number of aryl methyl sites for hydroxylation is 1. The van der Waals surface area contributed by atoms with Gasteiger partial charge in [0.2, 0.25) is 0 Å². The number of nitrogens with zero attached hydrogens (tertiary/aromatic N) is 1. The predicted molar refractivity (Wildman–Crippen MR) is 33.2 cm³/mol. The summed E-state index contributed by atoms with van der Waals surface area (Å²) in [4.78, 5) is 10.4. The van der Waals surface area contributed by atoms with Gasteiger partial charge in [0.05, 0.1) is 5.69 Å². The van der Waals surface area contributed by atoms with Gasteiger partial charge in [-0.15, -0.1) is 0 Å². The highest BCUT2D eigenvalue weighted by atomic mass is 19.4. The Hall–Kier alpha value is -1.53. The number of rotatable bonds is 1. The molecule has 0 aliphatic heterocycles. The van der Waals surface area contributed by atoms with Crippen molar-refractivity contribution in [3.63, 3.8) is 0 Å². The van der Waals surface area contributed by atoms with Gasteiger partial charge < -0.3 is 9.63 Å². The number of hydrogen-bond acceptors (Lipinski definition) is 3. The zero-order valence-electron chi connectivity index (χ0n) is 6.34. The fourth-order valence-electron chi connectivity index (χ4n) is 0.815. The van der Waals surface area contributed by atoms with Crippen LogP contribution in [0.2, 0.25) is 0 Å². The Bertz CT molecular complexity index is 341. The summed E-state index contributed by atoms with van der Waals surface area (Å²) in [5.74, 6) is -3.27. The summed E-state index contributed by atoms with van der Waals surface area (Å²) >= 11 is 0. The lowest BCUT2D eigenvalue weighted by Crippen LogP contribution is -2.10. The Morgan fingerprint density at radius 2 is 2.08 bits per heavy atom. The van der Waals surface area contributed by atoms with Crippen LogP contribution in [0.15, 0.2) is 4.52 Å². The molecule has 0 saturated carbocycles. The van der Waals surface area contributed by atoms with Crippen molar-refractivity contribution < 1.29 is 27.6 Å². The molecule has 0 bridgehead atoms. The summed E-state index contributed by atoms with van der Waals surface area (Å²) in [5, 5.41) is 11.3. The number of carbonyl (C=O) groups is 1. The molecule has 13 heavy (non-hydrogen) atoms. The molecule has 0 aromatic carbocycles. The first-order valence-electron chi connectivity index (χ1n) is 3.10. The Labute approximate surface area is 69.9 Å². The summed E-state index contributed by atoms with van der Waals surface area (Å²) in [6, 6.07) is 0. The van der Waals surface area contributed by atoms with Crippen LogP contribution in [0.5, 0.6) is 0 Å². The first-order chi connectivity index (χ1) is 5.84. The van der Waals surface area contributed by atoms with Crippen molar-refractivity contribution in [2.45, 2.75) is 13.1 Å². The second kappa shape index (κ2) is 2.75. The lowest BCUT2D eigenvalue weighted by molar-refractivity contribution is -0.156. The van der Waals surface area contributed by atoms with Crippen LogP contribution in [0.25, 0.3) is 0 Å². The van der Waals surface area contributed by atoms with E-state index >= 15 is 0 Å². The van der Waals surface area contributed by atoms with Gasteiger partial charge in [-0.1, -0.05) is 5.16 Å². The molecule has 1 heterocycles. The number of aromatic nitrogens is 1. The largest absolute Gasteiger partial charge is 0.477 e. The van der Waals surface area contributed by atoms with Crippen LogP contribution in [0.4, 0.5) is 13.2 Å². The summed E-state index contributed by atoms with van der Waals surface area (Å²) in [6.45, 7) is 1.13. The minimum absolute atomic E-state index is 0.292. The van der Waals surface area contributed by atoms with Crippen LogP contribution >= 0.6 is 0 Å². The highest BCUT2D eigenvalue weighted by Gasteiger charge is 2.41. The summed E-state index contributed by atoms with van der Waals surface area (Å²) in [6.07, 6.45) is -4.82. The average Bonchev–Trinajstić information content (AvgIpc) is 2.28. The highest BCUT2D eigenvalue weighted by Crippen LogP contribution is 2.33. The van der Waals surface area contributed by atoms with E-state index in [9.17, 15) is 18.0 Å². The van der Waals surface area contributed by atoms with Crippen molar-refractivity contribution in [2.75, 3.05) is 0 Å². The van der Waals surface area contributed by atoms with E-state index in [1.54, 1.807) is 0 Å². The van der Waals surface area contributed by atoms with Crippen LogP contribution < -0.4 is 0 Å². The molecular formula is C6H4F3NO3. The SMILES string of the molecule is Cc1noc(C(F)(F)F)c1C(=O)O. The van der Waals surface area contributed by atoms with Crippen LogP contribution in [0.3, 0.4) is 0 Å². The maximum atomic E-state index is 12.0. The third-order valence-corrected chi connectivity index (χ3v) is 1.33. The van der Waals surface area contributed by atoms with Gasteiger partial charge in [0.1, 0.15) is 5.56 Å². The van der Waals surface area contributed by atoms with E-state index in [-0.39, 0.29) is 5.69 Å². The van der Waals surface area contributed by atoms with Gasteiger partial charge in [0.25, 0.3) is 5.76 Å². The molecule has 0 radical (unpaired) electrons. The third kappa shape index (κ3) is 1.63. The summed E-state index contributed by atoms with van der Waals surface area (Å²) in [7, 11) is 0. The maximum absolute atomic E-state index is 12.0. The van der Waals surface area contributed by atoms with Gasteiger partial charge in [-0.05, 0) is 6.92 Å². The summed E-state index contributed by atoms with van der Waals surface area (Å²) in [5.41, 5.74) is -1.23. The molecule has 0 amide bonds. The summed E-state index contributed by atoms with van der Waals surface area (Å²) < 4.78 is 39.9. The second-order valence-electron chi connectivity index (χ2n) is 2.28. The fraction of sp³-hybridized carbons (Fsp3) is 0.333. The first kappa shape index (κ1) is 9.56. The van der Waals surface area contributed by atoms with Gasteiger partial charge in [0.15, 0.2) is 0 Å². The van der Waals surface area contributed by atoms with Gasteiger partial charge in [0, 0.05) is 0 Å². The standard InChI is InChI=1S/C6H4F3NO3/c1-2-3(5(11)12)4(13-10-2)6(7,8)9/h1H3,(H,11,12). The molecule has 0 saturated heterocycles. The molecule has 7 heteroatoms. The maximum Gasteiger partial charge on any atom is 0.453 e. The zero-order valence-corrected chi connectivity index (χ0v) is 6.34. The van der Waals surface area contributed by atoms with E-state index in [1.807, 2.05) is 0 Å². The minimum Gasteiger partial charge on any atom is -0.477 e. The van der Waals surface area contributed by atoms with E-state index in [0.717, 1.165) is 6.92 Å². The van der Waals surface area contributed by atoms with Crippen molar-refractivity contribution in [1.82, 2.24) is 5.16 Å². The van der Waals surface area contributed by atoms with Crippen molar-refractivity contribution >= 4 is 5.97 Å².